The van der Waals surface area contributed by atoms with Crippen molar-refractivity contribution >= 4 is 32.0 Å². The molecule has 2 heterocycles. The van der Waals surface area contributed by atoms with Gasteiger partial charge in [-0.1, -0.05) is 27.1 Å². The molecule has 3 rings (SSSR count). The Morgan fingerprint density at radius 3 is 2.78 bits per heavy atom. The van der Waals surface area contributed by atoms with E-state index >= 15 is 0 Å². The van der Waals surface area contributed by atoms with Gasteiger partial charge >= 0.3 is 6.01 Å². The molecule has 0 spiro atoms. The molecule has 0 aliphatic carbocycles. The van der Waals surface area contributed by atoms with Gasteiger partial charge in [0.15, 0.2) is 5.82 Å². The van der Waals surface area contributed by atoms with Crippen LogP contribution in [0.1, 0.15) is 5.56 Å². The number of nitrogens with zero attached hydrogens (tertiary/aromatic N) is 4. The zero-order valence-electron chi connectivity index (χ0n) is 12.2. The largest absolute Gasteiger partial charge is 0.399 e. The van der Waals surface area contributed by atoms with E-state index in [1.165, 1.54) is 6.07 Å². The molecule has 0 atom stereocenters. The van der Waals surface area contributed by atoms with E-state index in [0.717, 1.165) is 0 Å². The summed E-state index contributed by atoms with van der Waals surface area (Å²) in [7, 11) is -2.07. The average Bonchev–Trinajstić information content (AvgIpc) is 3.09. The highest BCUT2D eigenvalue weighted by Gasteiger charge is 2.21. The Hall–Kier alpha value is -2.20. The van der Waals surface area contributed by atoms with Gasteiger partial charge in [-0.15, -0.1) is 5.10 Å². The molecule has 3 aromatic rings. The first-order chi connectivity index (χ1) is 10.9. The summed E-state index contributed by atoms with van der Waals surface area (Å²) < 4.78 is 34.9. The molecule has 2 aromatic heterocycles. The van der Waals surface area contributed by atoms with Crippen LogP contribution in [0.5, 0.6) is 0 Å². The van der Waals surface area contributed by atoms with E-state index in [1.54, 1.807) is 43.1 Å². The molecule has 0 saturated heterocycles. The van der Waals surface area contributed by atoms with E-state index in [-0.39, 0.29) is 16.8 Å². The van der Waals surface area contributed by atoms with Gasteiger partial charge in [0.05, 0.1) is 4.90 Å². The van der Waals surface area contributed by atoms with Crippen LogP contribution in [0.15, 0.2) is 44.4 Å². The maximum absolute atomic E-state index is 12.5. The summed E-state index contributed by atoms with van der Waals surface area (Å²) in [5.41, 5.74) is 0.601. The lowest BCUT2D eigenvalue weighted by molar-refractivity contribution is 0.571. The van der Waals surface area contributed by atoms with E-state index in [0.29, 0.717) is 15.9 Å². The van der Waals surface area contributed by atoms with Gasteiger partial charge < -0.3 is 8.98 Å². The van der Waals surface area contributed by atoms with Gasteiger partial charge in [-0.05, 0) is 24.6 Å². The SMILES string of the molecule is Cc1ccc(Br)cc1S(=O)(=O)Nc1nnc(-c2nccn2C)o1. The monoisotopic (exact) mass is 397 g/mol. The number of hydrogen-bond acceptors (Lipinski definition) is 6. The third-order valence-corrected chi connectivity index (χ3v) is 5.05. The molecule has 8 nitrogen and oxygen atoms in total. The fourth-order valence-corrected chi connectivity index (χ4v) is 3.67. The lowest BCUT2D eigenvalue weighted by Crippen LogP contribution is -2.14. The van der Waals surface area contributed by atoms with E-state index < -0.39 is 10.0 Å². The normalized spacial score (nSPS) is 11.6. The predicted octanol–water partition coefficient (Wildman–Crippen LogP) is 2.34. The molecule has 1 N–H and O–H groups in total. The standard InChI is InChI=1S/C13H12BrN5O3S/c1-8-3-4-9(14)7-10(8)23(20,21)18-13-17-16-12(22-13)11-15-5-6-19(11)2/h3-7H,1-2H3,(H,17,18). The van der Waals surface area contributed by atoms with Crippen molar-refractivity contribution in [2.24, 2.45) is 7.05 Å². The van der Waals surface area contributed by atoms with Crippen LogP contribution in [-0.4, -0.2) is 28.2 Å². The number of nitrogens with one attached hydrogen (secondary N) is 1. The van der Waals surface area contributed by atoms with Crippen molar-refractivity contribution in [3.8, 4) is 11.7 Å². The molecule has 0 saturated carbocycles. The molecule has 10 heteroatoms. The first kappa shape index (κ1) is 15.7. The molecule has 0 bridgehead atoms. The molecule has 0 unspecified atom stereocenters. The van der Waals surface area contributed by atoms with E-state index in [1.807, 2.05) is 0 Å². The maximum Gasteiger partial charge on any atom is 0.330 e. The fraction of sp³-hybridized carbons (Fsp3) is 0.154. The van der Waals surface area contributed by atoms with E-state index in [4.69, 9.17) is 4.42 Å². The lowest BCUT2D eigenvalue weighted by Gasteiger charge is -2.07. The second-order valence-corrected chi connectivity index (χ2v) is 7.36. The Bertz CT molecular complexity index is 964. The van der Waals surface area contributed by atoms with Crippen LogP contribution in [0.3, 0.4) is 0 Å². The molecule has 0 amide bonds. The Balaban J connectivity index is 1.91. The maximum atomic E-state index is 12.5. The van der Waals surface area contributed by atoms with E-state index in [2.05, 4.69) is 35.8 Å². The van der Waals surface area contributed by atoms with Crippen molar-refractivity contribution < 1.29 is 12.8 Å². The average molecular weight is 398 g/mol. The van der Waals surface area contributed by atoms with Crippen LogP contribution in [0.4, 0.5) is 6.01 Å². The second-order valence-electron chi connectivity index (χ2n) is 4.79. The predicted molar refractivity (Wildman–Crippen MR) is 86.2 cm³/mol. The topological polar surface area (TPSA) is 103 Å². The zero-order chi connectivity index (χ0) is 16.6. The molecule has 0 aliphatic rings. The summed E-state index contributed by atoms with van der Waals surface area (Å²) in [4.78, 5) is 4.19. The van der Waals surface area contributed by atoms with Crippen LogP contribution >= 0.6 is 15.9 Å². The van der Waals surface area contributed by atoms with Crippen LogP contribution in [0.25, 0.3) is 11.7 Å². The summed E-state index contributed by atoms with van der Waals surface area (Å²) in [5.74, 6) is 0.572. The van der Waals surface area contributed by atoms with Gasteiger partial charge in [0.25, 0.3) is 15.9 Å². The Labute approximate surface area is 140 Å². The number of benzene rings is 1. The lowest BCUT2D eigenvalue weighted by atomic mass is 10.2. The smallest absolute Gasteiger partial charge is 0.330 e. The van der Waals surface area contributed by atoms with Crippen molar-refractivity contribution in [3.63, 3.8) is 0 Å². The minimum absolute atomic E-state index is 0.126. The highest BCUT2D eigenvalue weighted by molar-refractivity contribution is 9.10. The Kier molecular flexibility index (Phi) is 3.94. The van der Waals surface area contributed by atoms with Crippen LogP contribution < -0.4 is 4.72 Å². The number of hydrogen-bond donors (Lipinski definition) is 1. The number of rotatable bonds is 4. The summed E-state index contributed by atoms with van der Waals surface area (Å²) in [5, 5.41) is 7.51. The molecule has 0 aliphatic heterocycles. The highest BCUT2D eigenvalue weighted by Crippen LogP contribution is 2.24. The van der Waals surface area contributed by atoms with Crippen molar-refractivity contribution in [1.29, 1.82) is 0 Å². The second kappa shape index (κ2) is 5.78. The van der Waals surface area contributed by atoms with Crippen molar-refractivity contribution in [1.82, 2.24) is 19.7 Å². The minimum atomic E-state index is -3.84. The molecular weight excluding hydrogens is 386 g/mol. The quantitative estimate of drug-likeness (QED) is 0.724. The Morgan fingerprint density at radius 2 is 2.09 bits per heavy atom. The molecule has 120 valence electrons. The first-order valence-corrected chi connectivity index (χ1v) is 8.74. The molecule has 1 aromatic carbocycles. The van der Waals surface area contributed by atoms with Crippen LogP contribution in [-0.2, 0) is 17.1 Å². The number of aromatic nitrogens is 4. The number of imidazole rings is 1. The summed E-state index contributed by atoms with van der Waals surface area (Å²) >= 11 is 3.26. The number of sulfonamides is 1. The third kappa shape index (κ3) is 3.13. The van der Waals surface area contributed by atoms with Crippen LogP contribution in [0, 0.1) is 6.92 Å². The van der Waals surface area contributed by atoms with Gasteiger partial charge in [-0.25, -0.2) is 18.1 Å². The summed E-state index contributed by atoms with van der Waals surface area (Å²) in [6.07, 6.45) is 3.29. The molecule has 0 radical (unpaired) electrons. The molecular formula is C13H12BrN5O3S. The number of anilines is 1. The van der Waals surface area contributed by atoms with Gasteiger partial charge in [0, 0.05) is 23.9 Å². The number of halogens is 1. The third-order valence-electron chi connectivity index (χ3n) is 3.10. The number of aryl methyl sites for hydroxylation is 2. The van der Waals surface area contributed by atoms with E-state index in [9.17, 15) is 8.42 Å². The van der Waals surface area contributed by atoms with Gasteiger partial charge in [0.1, 0.15) is 0 Å². The van der Waals surface area contributed by atoms with Crippen LogP contribution in [0.2, 0.25) is 0 Å². The Morgan fingerprint density at radius 1 is 1.30 bits per heavy atom. The van der Waals surface area contributed by atoms with Crippen molar-refractivity contribution in [2.45, 2.75) is 11.8 Å². The summed E-state index contributed by atoms with van der Waals surface area (Å²) in [6.45, 7) is 1.70. The molecule has 0 fully saturated rings. The fourth-order valence-electron chi connectivity index (χ4n) is 1.96. The van der Waals surface area contributed by atoms with Gasteiger partial charge in [-0.2, -0.15) is 0 Å². The minimum Gasteiger partial charge on any atom is -0.399 e. The first-order valence-electron chi connectivity index (χ1n) is 6.47. The highest BCUT2D eigenvalue weighted by atomic mass is 79.9. The zero-order valence-corrected chi connectivity index (χ0v) is 14.6. The summed E-state index contributed by atoms with van der Waals surface area (Å²) in [6, 6.07) is 4.75. The van der Waals surface area contributed by atoms with Crippen molar-refractivity contribution in [2.75, 3.05) is 4.72 Å². The van der Waals surface area contributed by atoms with Gasteiger partial charge in [0.2, 0.25) is 0 Å². The van der Waals surface area contributed by atoms with Gasteiger partial charge in [-0.3, -0.25) is 0 Å². The molecule has 23 heavy (non-hydrogen) atoms. The van der Waals surface area contributed by atoms with Crippen molar-refractivity contribution in [3.05, 3.63) is 40.6 Å².